The maximum atomic E-state index is 5.88. The van der Waals surface area contributed by atoms with Crippen LogP contribution in [0.2, 0.25) is 0 Å². The Bertz CT molecular complexity index is 345. The number of para-hydroxylation sites is 1. The zero-order chi connectivity index (χ0) is 8.34. The maximum absolute atomic E-state index is 5.88. The first-order valence-corrected chi connectivity index (χ1v) is 4.51. The van der Waals surface area contributed by atoms with Crippen LogP contribution >= 0.6 is 0 Å². The fraction of sp³-hybridized carbons (Fsp3) is 0.455. The van der Waals surface area contributed by atoms with Crippen LogP contribution in [0.5, 0.6) is 5.75 Å². The van der Waals surface area contributed by atoms with Crippen molar-refractivity contribution < 1.29 is 4.74 Å². The van der Waals surface area contributed by atoms with Crippen LogP contribution in [-0.2, 0) is 0 Å². The molecule has 0 aromatic heterocycles. The number of ether oxygens (including phenoxy) is 1. The van der Waals surface area contributed by atoms with Gasteiger partial charge in [0.05, 0.1) is 0 Å². The fourth-order valence-electron chi connectivity index (χ4n) is 2.50. The second-order valence-electron chi connectivity index (χ2n) is 4.09. The summed E-state index contributed by atoms with van der Waals surface area (Å²) in [6.07, 6.45) is 0. The highest BCUT2D eigenvalue weighted by atomic mass is 16.5. The molecule has 0 saturated heterocycles. The summed E-state index contributed by atoms with van der Waals surface area (Å²) in [6.45, 7) is 4.48. The smallest absolute Gasteiger partial charge is 0.123 e. The lowest BCUT2D eigenvalue weighted by molar-refractivity contribution is 0.195. The molecular formula is C11H12O. The third-order valence-corrected chi connectivity index (χ3v) is 3.50. The van der Waals surface area contributed by atoms with E-state index in [1.807, 2.05) is 6.07 Å². The van der Waals surface area contributed by atoms with Gasteiger partial charge in [0.1, 0.15) is 11.4 Å². The summed E-state index contributed by atoms with van der Waals surface area (Å²) in [5, 5.41) is 0. The molecule has 0 spiro atoms. The van der Waals surface area contributed by atoms with Crippen molar-refractivity contribution in [1.29, 1.82) is 0 Å². The second kappa shape index (κ2) is 1.68. The van der Waals surface area contributed by atoms with Gasteiger partial charge in [0.25, 0.3) is 0 Å². The Balaban J connectivity index is 2.15. The number of benzene rings is 1. The highest BCUT2D eigenvalue weighted by Crippen LogP contribution is 2.65. The standard InChI is InChI=1S/C11H12O/c1-7-10-8-5-3-4-6-9(8)12-11(7,10)2/h3-7,10H,1-2H3. The number of rotatable bonds is 0. The zero-order valence-corrected chi connectivity index (χ0v) is 7.37. The Labute approximate surface area is 72.4 Å². The third-order valence-electron chi connectivity index (χ3n) is 3.50. The molecule has 0 bridgehead atoms. The van der Waals surface area contributed by atoms with E-state index >= 15 is 0 Å². The first kappa shape index (κ1) is 6.53. The van der Waals surface area contributed by atoms with Gasteiger partial charge in [-0.1, -0.05) is 25.1 Å². The molecule has 0 amide bonds. The van der Waals surface area contributed by atoms with Gasteiger partial charge in [-0.05, 0) is 13.0 Å². The summed E-state index contributed by atoms with van der Waals surface area (Å²) in [6, 6.07) is 8.39. The summed E-state index contributed by atoms with van der Waals surface area (Å²) in [4.78, 5) is 0. The Morgan fingerprint density at radius 2 is 2.08 bits per heavy atom. The van der Waals surface area contributed by atoms with E-state index in [-0.39, 0.29) is 5.60 Å². The van der Waals surface area contributed by atoms with Crippen LogP contribution in [0.25, 0.3) is 0 Å². The summed E-state index contributed by atoms with van der Waals surface area (Å²) in [5.41, 5.74) is 1.54. The molecule has 3 atom stereocenters. The normalized spacial score (nSPS) is 41.5. The predicted molar refractivity (Wildman–Crippen MR) is 47.4 cm³/mol. The van der Waals surface area contributed by atoms with E-state index in [1.165, 1.54) is 5.56 Å². The van der Waals surface area contributed by atoms with Crippen molar-refractivity contribution in [2.75, 3.05) is 0 Å². The zero-order valence-electron chi connectivity index (χ0n) is 7.37. The number of hydrogen-bond donors (Lipinski definition) is 0. The first-order valence-electron chi connectivity index (χ1n) is 4.51. The van der Waals surface area contributed by atoms with Gasteiger partial charge < -0.3 is 4.74 Å². The molecule has 2 aliphatic rings. The molecule has 1 heterocycles. The Morgan fingerprint density at radius 3 is 2.92 bits per heavy atom. The highest BCUT2D eigenvalue weighted by Gasteiger charge is 2.66. The largest absolute Gasteiger partial charge is 0.486 e. The highest BCUT2D eigenvalue weighted by molar-refractivity contribution is 5.50. The van der Waals surface area contributed by atoms with Crippen molar-refractivity contribution in [3.8, 4) is 5.75 Å². The second-order valence-corrected chi connectivity index (χ2v) is 4.09. The van der Waals surface area contributed by atoms with E-state index in [1.54, 1.807) is 0 Å². The molecule has 3 rings (SSSR count). The van der Waals surface area contributed by atoms with Gasteiger partial charge >= 0.3 is 0 Å². The molecule has 12 heavy (non-hydrogen) atoms. The quantitative estimate of drug-likeness (QED) is 0.566. The Hall–Kier alpha value is -0.980. The average Bonchev–Trinajstić information content (AvgIpc) is 2.48. The van der Waals surface area contributed by atoms with Crippen molar-refractivity contribution in [2.24, 2.45) is 5.92 Å². The van der Waals surface area contributed by atoms with E-state index in [9.17, 15) is 0 Å². The fourth-order valence-corrected chi connectivity index (χ4v) is 2.50. The van der Waals surface area contributed by atoms with E-state index in [0.29, 0.717) is 11.8 Å². The topological polar surface area (TPSA) is 9.23 Å². The number of hydrogen-bond acceptors (Lipinski definition) is 1. The average molecular weight is 160 g/mol. The van der Waals surface area contributed by atoms with Crippen LogP contribution in [0, 0.1) is 5.92 Å². The summed E-state index contributed by atoms with van der Waals surface area (Å²) in [7, 11) is 0. The van der Waals surface area contributed by atoms with Gasteiger partial charge in [-0.15, -0.1) is 0 Å². The van der Waals surface area contributed by atoms with Crippen molar-refractivity contribution in [3.05, 3.63) is 29.8 Å². The molecule has 1 nitrogen and oxygen atoms in total. The van der Waals surface area contributed by atoms with Crippen LogP contribution in [0.1, 0.15) is 25.3 Å². The van der Waals surface area contributed by atoms with Gasteiger partial charge in [0.2, 0.25) is 0 Å². The molecular weight excluding hydrogens is 148 g/mol. The monoisotopic (exact) mass is 160 g/mol. The van der Waals surface area contributed by atoms with Gasteiger partial charge in [-0.3, -0.25) is 0 Å². The van der Waals surface area contributed by atoms with Crippen molar-refractivity contribution in [2.45, 2.75) is 25.4 Å². The van der Waals surface area contributed by atoms with Crippen LogP contribution in [0.3, 0.4) is 0 Å². The summed E-state index contributed by atoms with van der Waals surface area (Å²) in [5.74, 6) is 2.46. The molecule has 1 aromatic carbocycles. The molecule has 1 aliphatic heterocycles. The Morgan fingerprint density at radius 1 is 1.33 bits per heavy atom. The van der Waals surface area contributed by atoms with Gasteiger partial charge in [-0.2, -0.15) is 0 Å². The van der Waals surface area contributed by atoms with E-state index < -0.39 is 0 Å². The molecule has 0 N–H and O–H groups in total. The molecule has 62 valence electrons. The predicted octanol–water partition coefficient (Wildman–Crippen LogP) is 2.57. The molecule has 1 aliphatic carbocycles. The lowest BCUT2D eigenvalue weighted by atomic mass is 10.1. The maximum Gasteiger partial charge on any atom is 0.123 e. The minimum absolute atomic E-state index is 0.129. The van der Waals surface area contributed by atoms with Crippen LogP contribution in [0.4, 0.5) is 0 Å². The molecule has 1 saturated carbocycles. The van der Waals surface area contributed by atoms with Crippen molar-refractivity contribution in [1.82, 2.24) is 0 Å². The third kappa shape index (κ3) is 0.532. The lowest BCUT2D eigenvalue weighted by Crippen LogP contribution is -2.12. The molecule has 1 aromatic rings. The first-order chi connectivity index (χ1) is 5.73. The van der Waals surface area contributed by atoms with Crippen LogP contribution in [-0.4, -0.2) is 5.60 Å². The van der Waals surface area contributed by atoms with Gasteiger partial charge in [-0.25, -0.2) is 0 Å². The molecule has 0 radical (unpaired) electrons. The Kier molecular flexibility index (Phi) is 0.914. The minimum atomic E-state index is 0.129. The lowest BCUT2D eigenvalue weighted by Gasteiger charge is -2.10. The van der Waals surface area contributed by atoms with E-state index in [2.05, 4.69) is 32.0 Å². The molecule has 1 heteroatoms. The summed E-state index contributed by atoms with van der Waals surface area (Å²) < 4.78 is 5.88. The van der Waals surface area contributed by atoms with Crippen molar-refractivity contribution >= 4 is 0 Å². The minimum Gasteiger partial charge on any atom is -0.486 e. The molecule has 1 fully saturated rings. The molecule has 3 unspecified atom stereocenters. The van der Waals surface area contributed by atoms with Crippen LogP contribution < -0.4 is 4.74 Å². The SMILES string of the molecule is CC1C2c3ccccc3OC12C. The van der Waals surface area contributed by atoms with Crippen molar-refractivity contribution in [3.63, 3.8) is 0 Å². The van der Waals surface area contributed by atoms with E-state index in [0.717, 1.165) is 5.75 Å². The van der Waals surface area contributed by atoms with E-state index in [4.69, 9.17) is 4.74 Å². The summed E-state index contributed by atoms with van der Waals surface area (Å²) >= 11 is 0. The van der Waals surface area contributed by atoms with Crippen LogP contribution in [0.15, 0.2) is 24.3 Å². The number of fused-ring (bicyclic) bond motifs is 3. The van der Waals surface area contributed by atoms with Gasteiger partial charge in [0, 0.05) is 17.4 Å². The van der Waals surface area contributed by atoms with Gasteiger partial charge in [0.15, 0.2) is 0 Å².